The van der Waals surface area contributed by atoms with Crippen molar-refractivity contribution in [1.82, 2.24) is 0 Å². The Morgan fingerprint density at radius 2 is 1.75 bits per heavy atom. The monoisotopic (exact) mass is 394 g/mol. The molecule has 4 unspecified atom stereocenters. The molecular formula is C22H34O6. The van der Waals surface area contributed by atoms with Gasteiger partial charge in [0.1, 0.15) is 17.3 Å². The molecule has 0 radical (unpaired) electrons. The van der Waals surface area contributed by atoms with E-state index in [4.69, 9.17) is 14.2 Å². The van der Waals surface area contributed by atoms with Crippen molar-refractivity contribution < 1.29 is 28.6 Å². The van der Waals surface area contributed by atoms with Crippen LogP contribution in [0.2, 0.25) is 0 Å². The summed E-state index contributed by atoms with van der Waals surface area (Å²) in [6, 6.07) is 0. The van der Waals surface area contributed by atoms with Gasteiger partial charge in [0.05, 0.1) is 16.2 Å². The van der Waals surface area contributed by atoms with Gasteiger partial charge in [-0.25, -0.2) is 0 Å². The molecule has 0 N–H and O–H groups in total. The number of carbonyl (C=O) groups excluding carboxylic acids is 3. The Labute approximate surface area is 167 Å². The fourth-order valence-electron chi connectivity index (χ4n) is 5.20. The highest BCUT2D eigenvalue weighted by Crippen LogP contribution is 2.62. The minimum atomic E-state index is -0.873. The predicted octanol–water partition coefficient (Wildman–Crippen LogP) is 3.94. The van der Waals surface area contributed by atoms with E-state index in [1.807, 2.05) is 48.5 Å². The highest BCUT2D eigenvalue weighted by Gasteiger charge is 2.68. The molecule has 4 aliphatic rings. The summed E-state index contributed by atoms with van der Waals surface area (Å²) in [5.41, 5.74) is -3.86. The number of carbonyl (C=O) groups is 3. The van der Waals surface area contributed by atoms with E-state index in [9.17, 15) is 14.4 Å². The van der Waals surface area contributed by atoms with Crippen molar-refractivity contribution in [3.63, 3.8) is 0 Å². The molecule has 0 amide bonds. The molecule has 4 atom stereocenters. The molecule has 4 fully saturated rings. The Bertz CT molecular complexity index is 704. The van der Waals surface area contributed by atoms with Gasteiger partial charge in [-0.3, -0.25) is 14.4 Å². The zero-order valence-electron chi connectivity index (χ0n) is 18.3. The largest absolute Gasteiger partial charge is 0.462 e. The number of hydrogen-bond donors (Lipinski definition) is 0. The van der Waals surface area contributed by atoms with Gasteiger partial charge < -0.3 is 14.2 Å². The van der Waals surface area contributed by atoms with E-state index in [1.54, 1.807) is 0 Å². The molecule has 4 bridgehead atoms. The van der Waals surface area contributed by atoms with Crippen molar-refractivity contribution in [3.05, 3.63) is 0 Å². The Morgan fingerprint density at radius 1 is 1.11 bits per heavy atom. The lowest BCUT2D eigenvalue weighted by atomic mass is 9.52. The molecule has 158 valence electrons. The van der Waals surface area contributed by atoms with Gasteiger partial charge in [0.25, 0.3) is 0 Å². The lowest BCUT2D eigenvalue weighted by Crippen LogP contribution is -2.59. The second-order valence-electron chi connectivity index (χ2n) is 11.1. The van der Waals surface area contributed by atoms with Gasteiger partial charge in [-0.05, 0) is 54.4 Å². The van der Waals surface area contributed by atoms with Crippen LogP contribution in [0.25, 0.3) is 0 Å². The summed E-state index contributed by atoms with van der Waals surface area (Å²) >= 11 is 0. The molecule has 6 heteroatoms. The van der Waals surface area contributed by atoms with Crippen LogP contribution in [0.15, 0.2) is 0 Å². The first-order valence-corrected chi connectivity index (χ1v) is 10.3. The van der Waals surface area contributed by atoms with Crippen molar-refractivity contribution in [2.75, 3.05) is 0 Å². The lowest BCUT2D eigenvalue weighted by Gasteiger charge is -2.54. The minimum Gasteiger partial charge on any atom is -0.462 e. The van der Waals surface area contributed by atoms with Crippen LogP contribution in [0.3, 0.4) is 0 Å². The molecule has 0 aromatic carbocycles. The highest BCUT2D eigenvalue weighted by molar-refractivity contribution is 5.84. The zero-order chi connectivity index (χ0) is 21.2. The fraction of sp³-hybridized carbons (Fsp3) is 0.864. The maximum Gasteiger partial charge on any atom is 0.312 e. The SMILES string of the molecule is CCC(C)(C)C(=O)OC12CC3CC(C(=O)OC(C)(C)C)(C1)CC(C)(C2)C(=O)O3. The molecule has 2 saturated carbocycles. The van der Waals surface area contributed by atoms with Gasteiger partial charge >= 0.3 is 17.9 Å². The van der Waals surface area contributed by atoms with Crippen LogP contribution in [0.5, 0.6) is 0 Å². The summed E-state index contributed by atoms with van der Waals surface area (Å²) in [6.45, 7) is 13.0. The van der Waals surface area contributed by atoms with Crippen molar-refractivity contribution >= 4 is 17.9 Å². The number of esters is 3. The van der Waals surface area contributed by atoms with E-state index in [0.717, 1.165) is 0 Å². The first-order valence-electron chi connectivity index (χ1n) is 10.3. The molecule has 0 spiro atoms. The second-order valence-corrected chi connectivity index (χ2v) is 11.1. The van der Waals surface area contributed by atoms with E-state index in [0.29, 0.717) is 38.5 Å². The molecule has 28 heavy (non-hydrogen) atoms. The third kappa shape index (κ3) is 3.55. The van der Waals surface area contributed by atoms with E-state index in [2.05, 4.69) is 0 Å². The minimum absolute atomic E-state index is 0.285. The molecule has 0 aromatic rings. The topological polar surface area (TPSA) is 78.9 Å². The quantitative estimate of drug-likeness (QED) is 0.531. The van der Waals surface area contributed by atoms with Crippen LogP contribution >= 0.6 is 0 Å². The predicted molar refractivity (Wildman–Crippen MR) is 102 cm³/mol. The molecule has 2 heterocycles. The molecule has 0 aromatic heterocycles. The van der Waals surface area contributed by atoms with E-state index >= 15 is 0 Å². The molecule has 2 saturated heterocycles. The van der Waals surface area contributed by atoms with Crippen LogP contribution in [-0.4, -0.2) is 35.2 Å². The van der Waals surface area contributed by atoms with Crippen LogP contribution < -0.4 is 0 Å². The Hall–Kier alpha value is -1.59. The van der Waals surface area contributed by atoms with Crippen LogP contribution in [-0.2, 0) is 28.6 Å². The van der Waals surface area contributed by atoms with Gasteiger partial charge in [-0.1, -0.05) is 6.92 Å². The average Bonchev–Trinajstić information content (AvgIpc) is 2.63. The number of ether oxygens (including phenoxy) is 3. The van der Waals surface area contributed by atoms with Crippen LogP contribution in [0.1, 0.15) is 87.0 Å². The van der Waals surface area contributed by atoms with Crippen LogP contribution in [0.4, 0.5) is 0 Å². The standard InChI is InChI=1S/C22H34O6/c1-8-19(5,6)15(23)28-22-10-14-9-21(13-22,17(25)27-18(2,3)4)11-20(7,12-22)16(24)26-14/h14H,8-13H2,1-7H3. The van der Waals surface area contributed by atoms with Crippen molar-refractivity contribution in [3.8, 4) is 0 Å². The number of hydrogen-bond acceptors (Lipinski definition) is 6. The first kappa shape index (κ1) is 21.1. The summed E-state index contributed by atoms with van der Waals surface area (Å²) in [4.78, 5) is 39.0. The van der Waals surface area contributed by atoms with E-state index in [-0.39, 0.29) is 17.9 Å². The first-order chi connectivity index (χ1) is 12.6. The third-order valence-corrected chi connectivity index (χ3v) is 6.66. The van der Waals surface area contributed by atoms with Crippen LogP contribution in [0, 0.1) is 16.2 Å². The Kier molecular flexibility index (Phi) is 4.68. The Balaban J connectivity index is 2.01. The summed E-state index contributed by atoms with van der Waals surface area (Å²) in [6.07, 6.45) is 2.25. The zero-order valence-corrected chi connectivity index (χ0v) is 18.3. The normalized spacial score (nSPS) is 37.2. The molecular weight excluding hydrogens is 360 g/mol. The maximum absolute atomic E-state index is 13.3. The molecule has 6 nitrogen and oxygen atoms in total. The summed E-state index contributed by atoms with van der Waals surface area (Å²) in [7, 11) is 0. The van der Waals surface area contributed by atoms with E-state index < -0.39 is 33.6 Å². The highest BCUT2D eigenvalue weighted by atomic mass is 16.6. The molecule has 2 aliphatic carbocycles. The van der Waals surface area contributed by atoms with Crippen molar-refractivity contribution in [2.24, 2.45) is 16.2 Å². The fourth-order valence-corrected chi connectivity index (χ4v) is 5.20. The third-order valence-electron chi connectivity index (χ3n) is 6.66. The van der Waals surface area contributed by atoms with Crippen molar-refractivity contribution in [2.45, 2.75) is 104 Å². The molecule has 4 rings (SSSR count). The van der Waals surface area contributed by atoms with E-state index in [1.165, 1.54) is 0 Å². The number of rotatable bonds is 4. The van der Waals surface area contributed by atoms with Gasteiger partial charge in [0.2, 0.25) is 0 Å². The Morgan fingerprint density at radius 3 is 2.32 bits per heavy atom. The number of fused-ring (bicyclic) bond motifs is 1. The van der Waals surface area contributed by atoms with Gasteiger partial charge in [0.15, 0.2) is 0 Å². The molecule has 2 aliphatic heterocycles. The van der Waals surface area contributed by atoms with Gasteiger partial charge in [0, 0.05) is 25.7 Å². The maximum atomic E-state index is 13.3. The summed E-state index contributed by atoms with van der Waals surface area (Å²) in [5, 5.41) is 0. The summed E-state index contributed by atoms with van der Waals surface area (Å²) < 4.78 is 17.6. The van der Waals surface area contributed by atoms with Crippen molar-refractivity contribution in [1.29, 1.82) is 0 Å². The summed E-state index contributed by atoms with van der Waals surface area (Å²) in [5.74, 6) is -0.897. The lowest BCUT2D eigenvalue weighted by molar-refractivity contribution is -0.209. The van der Waals surface area contributed by atoms with Gasteiger partial charge in [-0.2, -0.15) is 0 Å². The second kappa shape index (κ2) is 6.20. The average molecular weight is 395 g/mol. The van der Waals surface area contributed by atoms with Gasteiger partial charge in [-0.15, -0.1) is 0 Å². The smallest absolute Gasteiger partial charge is 0.312 e.